The summed E-state index contributed by atoms with van der Waals surface area (Å²) in [6.45, 7) is 1.70. The number of carbonyl (C=O) groups is 1. The molecule has 1 amide bonds. The van der Waals surface area contributed by atoms with Crippen molar-refractivity contribution in [2.45, 2.75) is 13.0 Å². The van der Waals surface area contributed by atoms with Gasteiger partial charge in [0.05, 0.1) is 27.3 Å². The van der Waals surface area contributed by atoms with Gasteiger partial charge in [-0.3, -0.25) is 30.0 Å². The number of fused-ring (bicyclic) bond motifs is 1. The Morgan fingerprint density at radius 2 is 1.78 bits per heavy atom. The lowest BCUT2D eigenvalue weighted by Crippen LogP contribution is -2.31. The Morgan fingerprint density at radius 3 is 2.46 bits per heavy atom. The van der Waals surface area contributed by atoms with Crippen molar-refractivity contribution >= 4 is 28.9 Å². The molecule has 5 rings (SSSR count). The van der Waals surface area contributed by atoms with Crippen LogP contribution in [0.2, 0.25) is 0 Å². The molecule has 0 radical (unpaired) electrons. The number of pyridine rings is 1. The van der Waals surface area contributed by atoms with Crippen LogP contribution in [0.15, 0.2) is 84.3 Å². The zero-order chi connectivity index (χ0) is 26.1. The number of anilines is 2. The summed E-state index contributed by atoms with van der Waals surface area (Å²) in [5.74, 6) is 0.113. The summed E-state index contributed by atoms with van der Waals surface area (Å²) in [6, 6.07) is 14.2. The number of amides is 1. The second kappa shape index (κ2) is 9.30. The molecule has 37 heavy (non-hydrogen) atoms. The van der Waals surface area contributed by atoms with Gasteiger partial charge < -0.3 is 10.6 Å². The van der Waals surface area contributed by atoms with Crippen molar-refractivity contribution in [3.63, 3.8) is 0 Å². The summed E-state index contributed by atoms with van der Waals surface area (Å²) in [5.41, 5.74) is 1.98. The number of benzene rings is 2. The number of nitrogens with one attached hydrogen (secondary N) is 2. The average molecular weight is 498 g/mol. The van der Waals surface area contributed by atoms with E-state index in [-0.39, 0.29) is 22.8 Å². The predicted octanol–water partition coefficient (Wildman–Crippen LogP) is 4.08. The van der Waals surface area contributed by atoms with E-state index in [0.717, 1.165) is 0 Å². The summed E-state index contributed by atoms with van der Waals surface area (Å²) >= 11 is 0. The van der Waals surface area contributed by atoms with Crippen LogP contribution in [-0.4, -0.2) is 35.5 Å². The molecule has 0 aliphatic carbocycles. The van der Waals surface area contributed by atoms with Crippen molar-refractivity contribution in [1.82, 2.24) is 19.7 Å². The number of carbonyl (C=O) groups excluding carboxylic acids is 1. The first-order valence-electron chi connectivity index (χ1n) is 11.0. The summed E-state index contributed by atoms with van der Waals surface area (Å²) in [4.78, 5) is 43.5. The average Bonchev–Trinajstić information content (AvgIpc) is 3.32. The quantitative estimate of drug-likeness (QED) is 0.293. The van der Waals surface area contributed by atoms with Crippen LogP contribution < -0.4 is 10.6 Å². The van der Waals surface area contributed by atoms with Gasteiger partial charge in [0.25, 0.3) is 17.3 Å². The number of nitro groups is 2. The van der Waals surface area contributed by atoms with E-state index >= 15 is 0 Å². The molecule has 0 saturated carbocycles. The lowest BCUT2D eigenvalue weighted by molar-refractivity contribution is -0.385. The Labute approximate surface area is 208 Å². The number of nitro benzene ring substituents is 2. The smallest absolute Gasteiger partial charge is 0.269 e. The van der Waals surface area contributed by atoms with Crippen LogP contribution in [0.3, 0.4) is 0 Å². The number of rotatable bonds is 6. The van der Waals surface area contributed by atoms with E-state index in [4.69, 9.17) is 0 Å². The number of aromatic nitrogens is 4. The monoisotopic (exact) mass is 498 g/mol. The van der Waals surface area contributed by atoms with Crippen LogP contribution in [0.4, 0.5) is 23.0 Å². The van der Waals surface area contributed by atoms with Gasteiger partial charge in [-0.2, -0.15) is 4.98 Å². The highest BCUT2D eigenvalue weighted by Crippen LogP contribution is 2.37. The van der Waals surface area contributed by atoms with Crippen molar-refractivity contribution in [1.29, 1.82) is 0 Å². The molecule has 0 saturated heterocycles. The maximum absolute atomic E-state index is 13.5. The lowest BCUT2D eigenvalue weighted by Gasteiger charge is -2.28. The molecule has 1 atom stereocenters. The fourth-order valence-electron chi connectivity index (χ4n) is 4.05. The van der Waals surface area contributed by atoms with Gasteiger partial charge in [0, 0.05) is 41.7 Å². The second-order valence-electron chi connectivity index (χ2n) is 8.12. The minimum Gasteiger partial charge on any atom is -0.328 e. The molecule has 0 bridgehead atoms. The van der Waals surface area contributed by atoms with E-state index in [1.807, 2.05) is 0 Å². The molecule has 2 aromatic heterocycles. The van der Waals surface area contributed by atoms with Gasteiger partial charge in [0.15, 0.2) is 5.82 Å². The van der Waals surface area contributed by atoms with Gasteiger partial charge in [-0.25, -0.2) is 4.68 Å². The van der Waals surface area contributed by atoms with E-state index in [1.165, 1.54) is 53.3 Å². The standard InChI is InChI=1S/C24H18N8O5/c1-14-20(23(33)27-17-5-3-11-25-13-17)21(16-4-2-6-19(12-16)32(36)37)30-24(26-14)28-22(29-30)15-7-9-18(10-8-15)31(34)35/h2-13,21H,1H3,(H,27,33)(H,26,28,29). The molecule has 3 heterocycles. The van der Waals surface area contributed by atoms with Gasteiger partial charge in [-0.1, -0.05) is 12.1 Å². The van der Waals surface area contributed by atoms with Crippen LogP contribution >= 0.6 is 0 Å². The number of hydrogen-bond acceptors (Lipinski definition) is 9. The van der Waals surface area contributed by atoms with Crippen molar-refractivity contribution in [2.24, 2.45) is 0 Å². The van der Waals surface area contributed by atoms with Crippen LogP contribution in [0.25, 0.3) is 11.4 Å². The number of nitrogens with zero attached hydrogens (tertiary/aromatic N) is 6. The fraction of sp³-hybridized carbons (Fsp3) is 0.0833. The first kappa shape index (κ1) is 23.3. The van der Waals surface area contributed by atoms with E-state index in [2.05, 4.69) is 25.7 Å². The zero-order valence-corrected chi connectivity index (χ0v) is 19.2. The lowest BCUT2D eigenvalue weighted by atomic mass is 9.94. The van der Waals surface area contributed by atoms with Crippen molar-refractivity contribution in [3.8, 4) is 11.4 Å². The Kier molecular flexibility index (Phi) is 5.85. The maximum atomic E-state index is 13.5. The molecule has 1 aliphatic heterocycles. The highest BCUT2D eigenvalue weighted by Gasteiger charge is 2.35. The van der Waals surface area contributed by atoms with Crippen molar-refractivity contribution in [2.75, 3.05) is 10.6 Å². The molecular formula is C24H18N8O5. The minimum absolute atomic E-state index is 0.0767. The first-order valence-corrected chi connectivity index (χ1v) is 11.0. The van der Waals surface area contributed by atoms with E-state index in [9.17, 15) is 25.0 Å². The molecule has 1 aliphatic rings. The largest absolute Gasteiger partial charge is 0.328 e. The van der Waals surface area contributed by atoms with Crippen LogP contribution in [0.5, 0.6) is 0 Å². The Morgan fingerprint density at radius 1 is 1.03 bits per heavy atom. The van der Waals surface area contributed by atoms with E-state index in [0.29, 0.717) is 28.5 Å². The summed E-state index contributed by atoms with van der Waals surface area (Å²) in [6.07, 6.45) is 3.08. The molecular weight excluding hydrogens is 480 g/mol. The van der Waals surface area contributed by atoms with Gasteiger partial charge >= 0.3 is 0 Å². The molecule has 13 nitrogen and oxygen atoms in total. The number of allylic oxidation sites excluding steroid dienone is 1. The number of hydrogen-bond donors (Lipinski definition) is 2. The molecule has 1 unspecified atom stereocenters. The van der Waals surface area contributed by atoms with E-state index in [1.54, 1.807) is 31.3 Å². The van der Waals surface area contributed by atoms with Gasteiger partial charge in [-0.15, -0.1) is 5.10 Å². The second-order valence-corrected chi connectivity index (χ2v) is 8.12. The number of non-ortho nitro benzene ring substituents is 2. The zero-order valence-electron chi connectivity index (χ0n) is 19.2. The third-order valence-electron chi connectivity index (χ3n) is 5.75. The summed E-state index contributed by atoms with van der Waals surface area (Å²) < 4.78 is 1.47. The normalized spacial score (nSPS) is 14.5. The maximum Gasteiger partial charge on any atom is 0.269 e. The topological polar surface area (TPSA) is 171 Å². The first-order chi connectivity index (χ1) is 17.8. The highest BCUT2D eigenvalue weighted by atomic mass is 16.6. The third kappa shape index (κ3) is 4.48. The molecule has 4 aromatic rings. The molecule has 2 N–H and O–H groups in total. The van der Waals surface area contributed by atoms with Gasteiger partial charge in [0.1, 0.15) is 6.04 Å². The van der Waals surface area contributed by atoms with E-state index < -0.39 is 21.8 Å². The minimum atomic E-state index is -0.855. The van der Waals surface area contributed by atoms with Crippen LogP contribution in [0.1, 0.15) is 18.5 Å². The molecule has 2 aromatic carbocycles. The summed E-state index contributed by atoms with van der Waals surface area (Å²) in [5, 5.41) is 33.0. The van der Waals surface area contributed by atoms with Crippen molar-refractivity contribution < 1.29 is 14.6 Å². The van der Waals surface area contributed by atoms with Crippen molar-refractivity contribution in [3.05, 3.63) is 110 Å². The van der Waals surface area contributed by atoms with Gasteiger partial charge in [0.2, 0.25) is 5.95 Å². The fourth-order valence-corrected chi connectivity index (χ4v) is 4.05. The molecule has 0 fully saturated rings. The molecule has 184 valence electrons. The Hall–Kier alpha value is -5.46. The van der Waals surface area contributed by atoms with Crippen LogP contribution in [-0.2, 0) is 4.79 Å². The third-order valence-corrected chi connectivity index (χ3v) is 5.75. The summed E-state index contributed by atoms with van der Waals surface area (Å²) in [7, 11) is 0. The predicted molar refractivity (Wildman–Crippen MR) is 133 cm³/mol. The van der Waals surface area contributed by atoms with Crippen LogP contribution in [0, 0.1) is 20.2 Å². The molecule has 0 spiro atoms. The highest BCUT2D eigenvalue weighted by molar-refractivity contribution is 6.06. The van der Waals surface area contributed by atoms with Gasteiger partial charge in [-0.05, 0) is 36.8 Å². The SMILES string of the molecule is CC1=C(C(=O)Nc2cccnc2)C(c2cccc([N+](=O)[O-])c2)n2nc(-c3ccc([N+](=O)[O-])cc3)nc2N1. The molecule has 13 heteroatoms. The Bertz CT molecular complexity index is 1560. The Balaban J connectivity index is 1.61.